The summed E-state index contributed by atoms with van der Waals surface area (Å²) >= 11 is 0. The van der Waals surface area contributed by atoms with Crippen LogP contribution in [0.25, 0.3) is 0 Å². The minimum absolute atomic E-state index is 0.0579. The van der Waals surface area contributed by atoms with Crippen molar-refractivity contribution in [1.82, 2.24) is 0 Å². The van der Waals surface area contributed by atoms with E-state index in [2.05, 4.69) is 50.2 Å². The molecule has 2 aliphatic heterocycles. The third kappa shape index (κ3) is 2.41. The lowest BCUT2D eigenvalue weighted by atomic mass is 9.55. The summed E-state index contributed by atoms with van der Waals surface area (Å²) in [5, 5.41) is 0. The molecule has 5 aliphatic rings. The molecule has 0 N–H and O–H groups in total. The quantitative estimate of drug-likeness (QED) is 0.217. The summed E-state index contributed by atoms with van der Waals surface area (Å²) in [4.78, 5) is 17.5. The Morgan fingerprint density at radius 1 is 1.16 bits per heavy atom. The van der Waals surface area contributed by atoms with Crippen LogP contribution in [0.1, 0.15) is 13.3 Å². The average Bonchev–Trinajstić information content (AvgIpc) is 3.47. The van der Waals surface area contributed by atoms with E-state index in [-0.39, 0.29) is 11.7 Å². The number of fused-ring (bicyclic) bond motifs is 1. The van der Waals surface area contributed by atoms with E-state index in [0.717, 1.165) is 0 Å². The van der Waals surface area contributed by atoms with Crippen molar-refractivity contribution < 1.29 is 23.4 Å². The van der Waals surface area contributed by atoms with E-state index in [0.29, 0.717) is 17.7 Å². The van der Waals surface area contributed by atoms with Crippen LogP contribution in [0.2, 0.25) is 19.6 Å². The molecule has 7 heteroatoms. The summed E-state index contributed by atoms with van der Waals surface area (Å²) in [6.45, 7) is 8.39. The van der Waals surface area contributed by atoms with Gasteiger partial charge in [0.1, 0.15) is 11.6 Å². The Hall–Kier alpha value is -2.26. The number of carbonyl (C=O) groups excluding carboxylic acids is 1. The van der Waals surface area contributed by atoms with Gasteiger partial charge in [0.2, 0.25) is 11.4 Å². The molecule has 1 saturated carbocycles. The van der Waals surface area contributed by atoms with Gasteiger partial charge >= 0.3 is 0 Å². The second-order valence-corrected chi connectivity index (χ2v) is 14.3. The van der Waals surface area contributed by atoms with Crippen LogP contribution in [0.4, 0.5) is 0 Å². The van der Waals surface area contributed by atoms with Crippen LogP contribution in [-0.4, -0.2) is 62.7 Å². The lowest BCUT2D eigenvalue weighted by Crippen LogP contribution is -2.76. The van der Waals surface area contributed by atoms with Crippen molar-refractivity contribution >= 4 is 19.8 Å². The smallest absolute Gasteiger partial charge is 0.211 e. The van der Waals surface area contributed by atoms with Gasteiger partial charge in [-0.05, 0) is 55.9 Å². The maximum Gasteiger partial charge on any atom is 0.211 e. The molecule has 166 valence electrons. The van der Waals surface area contributed by atoms with E-state index in [1.165, 1.54) is 6.08 Å². The molecule has 0 aromatic carbocycles. The van der Waals surface area contributed by atoms with Gasteiger partial charge in [0.15, 0.2) is 19.7 Å². The molecular formula is C25H27NO5Si. The van der Waals surface area contributed by atoms with Crippen LogP contribution in [0.5, 0.6) is 0 Å². The summed E-state index contributed by atoms with van der Waals surface area (Å²) in [6, 6.07) is -0.441. The van der Waals surface area contributed by atoms with Gasteiger partial charge in [-0.15, -0.1) is 0 Å². The van der Waals surface area contributed by atoms with Gasteiger partial charge in [0.25, 0.3) is 0 Å². The van der Waals surface area contributed by atoms with Gasteiger partial charge in [0, 0.05) is 26.2 Å². The highest BCUT2D eigenvalue weighted by molar-refractivity contribution is 6.70. The van der Waals surface area contributed by atoms with E-state index in [1.807, 2.05) is 0 Å². The van der Waals surface area contributed by atoms with Gasteiger partial charge in [0.05, 0.1) is 5.71 Å². The zero-order chi connectivity index (χ0) is 23.0. The molecule has 32 heavy (non-hydrogen) atoms. The number of nitrogens with zero attached hydrogens (tertiary/aromatic N) is 1. The maximum absolute atomic E-state index is 12.6. The van der Waals surface area contributed by atoms with Crippen molar-refractivity contribution in [3.63, 3.8) is 0 Å². The fourth-order valence-electron chi connectivity index (χ4n) is 5.95. The Morgan fingerprint density at radius 3 is 2.56 bits per heavy atom. The van der Waals surface area contributed by atoms with E-state index in [9.17, 15) is 4.79 Å². The molecule has 0 aromatic rings. The lowest BCUT2D eigenvalue weighted by Gasteiger charge is -2.57. The summed E-state index contributed by atoms with van der Waals surface area (Å²) in [5.41, 5.74) is -1.91. The standard InChI is InChI=1S/C25H27NO5Si/c1-17-16-23(28-2,29-3)22(31-32(4,5)6)14-10-8-7-9-11-21-24(17)25(22,30-24)19-15-18(27)12-13-20(19)26-21/h7-8,12-13,15,17,21H,16H2,1-6H3/b8-7-/t17-,21-,22?,24-,25-/m0/s1. The summed E-state index contributed by atoms with van der Waals surface area (Å²) in [5.74, 6) is 11.5. The molecule has 2 heterocycles. The number of epoxide rings is 1. The molecule has 1 saturated heterocycles. The van der Waals surface area contributed by atoms with Gasteiger partial charge in [-0.3, -0.25) is 9.79 Å². The molecule has 0 radical (unpaired) electrons. The summed E-state index contributed by atoms with van der Waals surface area (Å²) < 4.78 is 26.1. The van der Waals surface area contributed by atoms with Crippen molar-refractivity contribution in [3.8, 4) is 23.7 Å². The van der Waals surface area contributed by atoms with Crippen molar-refractivity contribution in [2.24, 2.45) is 10.9 Å². The lowest BCUT2D eigenvalue weighted by molar-refractivity contribution is -0.305. The molecular weight excluding hydrogens is 422 g/mol. The SMILES string of the molecule is COC1(OC)C[C@H](C)[C@@]23O[C@]24C2=CC(=O)C=CC2=N[C@H]3C#C/C=C\C#CC14O[Si](C)(C)C. The molecule has 0 spiro atoms. The molecule has 0 amide bonds. The highest BCUT2D eigenvalue weighted by Gasteiger charge is 2.93. The number of ether oxygens (including phenoxy) is 3. The molecule has 5 atom stereocenters. The predicted octanol–water partition coefficient (Wildman–Crippen LogP) is 2.58. The molecule has 3 aliphatic carbocycles. The Labute approximate surface area is 189 Å². The van der Waals surface area contributed by atoms with Crippen LogP contribution >= 0.6 is 0 Å². The first-order chi connectivity index (χ1) is 15.1. The Kier molecular flexibility index (Phi) is 4.47. The van der Waals surface area contributed by atoms with Gasteiger partial charge in [-0.25, -0.2) is 0 Å². The molecule has 5 rings (SSSR count). The van der Waals surface area contributed by atoms with Gasteiger partial charge in [-0.2, -0.15) is 0 Å². The molecule has 2 fully saturated rings. The van der Waals surface area contributed by atoms with Crippen molar-refractivity contribution in [2.45, 2.75) is 61.6 Å². The average molecular weight is 450 g/mol. The predicted molar refractivity (Wildman–Crippen MR) is 122 cm³/mol. The molecule has 6 nitrogen and oxygen atoms in total. The summed E-state index contributed by atoms with van der Waals surface area (Å²) in [7, 11) is 0.958. The molecule has 0 aromatic heterocycles. The van der Waals surface area contributed by atoms with Crippen molar-refractivity contribution in [2.75, 3.05) is 14.2 Å². The topological polar surface area (TPSA) is 69.7 Å². The highest BCUT2D eigenvalue weighted by atomic mass is 28.4. The number of carbonyl (C=O) groups is 1. The Morgan fingerprint density at radius 2 is 1.88 bits per heavy atom. The Balaban J connectivity index is 1.93. The first-order valence-electron chi connectivity index (χ1n) is 10.8. The van der Waals surface area contributed by atoms with Crippen molar-refractivity contribution in [1.29, 1.82) is 0 Å². The second kappa shape index (κ2) is 6.63. The van der Waals surface area contributed by atoms with E-state index < -0.39 is 36.9 Å². The number of hydrogen-bond donors (Lipinski definition) is 0. The second-order valence-electron chi connectivity index (χ2n) is 9.84. The maximum atomic E-state index is 12.6. The Bertz CT molecular complexity index is 1150. The van der Waals surface area contributed by atoms with Crippen LogP contribution in [0.15, 0.2) is 40.9 Å². The van der Waals surface area contributed by atoms with Gasteiger partial charge in [-0.1, -0.05) is 30.6 Å². The zero-order valence-corrected chi connectivity index (χ0v) is 20.2. The van der Waals surface area contributed by atoms with Crippen LogP contribution in [0.3, 0.4) is 0 Å². The first kappa shape index (κ1) is 21.6. The third-order valence-electron chi connectivity index (χ3n) is 7.03. The van der Waals surface area contributed by atoms with E-state index in [1.54, 1.807) is 38.5 Å². The minimum atomic E-state index is -2.27. The highest BCUT2D eigenvalue weighted by Crippen LogP contribution is 2.74. The molecule has 1 unspecified atom stereocenters. The largest absolute Gasteiger partial charge is 0.395 e. The van der Waals surface area contributed by atoms with Crippen molar-refractivity contribution in [3.05, 3.63) is 36.0 Å². The van der Waals surface area contributed by atoms with Gasteiger partial charge < -0.3 is 18.6 Å². The van der Waals surface area contributed by atoms with E-state index in [4.69, 9.17) is 23.6 Å². The normalized spacial score (nSPS) is 40.9. The van der Waals surface area contributed by atoms with Crippen LogP contribution in [-0.2, 0) is 23.4 Å². The van der Waals surface area contributed by atoms with Crippen LogP contribution < -0.4 is 0 Å². The summed E-state index contributed by atoms with van der Waals surface area (Å²) in [6.07, 6.45) is 8.75. The fourth-order valence-corrected chi connectivity index (χ4v) is 7.22. The number of allylic oxidation sites excluding steroid dienone is 5. The van der Waals surface area contributed by atoms with Crippen LogP contribution in [0, 0.1) is 29.6 Å². The number of rotatable bonds is 4. The minimum Gasteiger partial charge on any atom is -0.395 e. The first-order valence-corrected chi connectivity index (χ1v) is 14.2. The number of methoxy groups -OCH3 is 2. The molecule has 4 bridgehead atoms. The zero-order valence-electron chi connectivity index (χ0n) is 19.2. The third-order valence-corrected chi connectivity index (χ3v) is 7.95. The number of aliphatic imine (C=N–C) groups is 1. The number of ketones is 1. The monoisotopic (exact) mass is 449 g/mol. The number of hydrogen-bond acceptors (Lipinski definition) is 6. The fraction of sp³-hybridized carbons (Fsp3) is 0.520. The van der Waals surface area contributed by atoms with E-state index >= 15 is 0 Å².